The summed E-state index contributed by atoms with van der Waals surface area (Å²) in [5.74, 6) is -0.827. The number of carboxylic acids is 1. The molecule has 0 aromatic rings. The van der Waals surface area contributed by atoms with Crippen LogP contribution in [0.3, 0.4) is 0 Å². The minimum Gasteiger partial charge on any atom is -0.480 e. The first-order valence-electron chi connectivity index (χ1n) is 6.89. The molecule has 2 aliphatic rings. The lowest BCUT2D eigenvalue weighted by Gasteiger charge is -2.24. The van der Waals surface area contributed by atoms with Crippen molar-refractivity contribution < 1.29 is 19.5 Å². The second kappa shape index (κ2) is 5.68. The van der Waals surface area contributed by atoms with E-state index in [4.69, 9.17) is 0 Å². The molecule has 0 radical (unpaired) electrons. The highest BCUT2D eigenvalue weighted by atomic mass is 16.4. The summed E-state index contributed by atoms with van der Waals surface area (Å²) < 4.78 is 0. The highest BCUT2D eigenvalue weighted by molar-refractivity contribution is 5.87. The van der Waals surface area contributed by atoms with Crippen molar-refractivity contribution in [2.45, 2.75) is 25.3 Å². The Morgan fingerprint density at radius 2 is 2.00 bits per heavy atom. The number of hydrogen-bond donors (Lipinski definition) is 2. The average molecular weight is 283 g/mol. The third-order valence-corrected chi connectivity index (χ3v) is 4.29. The van der Waals surface area contributed by atoms with Gasteiger partial charge in [0.25, 0.3) is 0 Å². The quantitative estimate of drug-likeness (QED) is 0.761. The summed E-state index contributed by atoms with van der Waals surface area (Å²) in [4.78, 5) is 37.7. The summed E-state index contributed by atoms with van der Waals surface area (Å²) in [6.07, 6.45) is 2.88. The molecule has 112 valence electrons. The number of nitrogens with zero attached hydrogens (tertiary/aromatic N) is 2. The fourth-order valence-corrected chi connectivity index (χ4v) is 3.24. The van der Waals surface area contributed by atoms with Crippen molar-refractivity contribution in [2.75, 3.05) is 27.2 Å². The topological polar surface area (TPSA) is 90.0 Å². The van der Waals surface area contributed by atoms with E-state index >= 15 is 0 Å². The molecule has 7 heteroatoms. The van der Waals surface area contributed by atoms with Crippen molar-refractivity contribution in [2.24, 2.45) is 11.8 Å². The van der Waals surface area contributed by atoms with Crippen LogP contribution in [-0.2, 0) is 9.59 Å². The summed E-state index contributed by atoms with van der Waals surface area (Å²) in [5, 5.41) is 11.9. The number of carboxylic acid groups (broad SMARTS) is 1. The molecule has 0 bridgehead atoms. The van der Waals surface area contributed by atoms with Gasteiger partial charge >= 0.3 is 12.0 Å². The Kier molecular flexibility index (Phi) is 4.15. The van der Waals surface area contributed by atoms with Gasteiger partial charge in [-0.2, -0.15) is 0 Å². The molecule has 2 rings (SSSR count). The molecule has 3 unspecified atom stereocenters. The fraction of sp³-hybridized carbons (Fsp3) is 0.769. The number of likely N-dealkylation sites (tertiary alicyclic amines) is 1. The minimum absolute atomic E-state index is 0.0581. The second-order valence-electron chi connectivity index (χ2n) is 5.74. The Labute approximate surface area is 117 Å². The summed E-state index contributed by atoms with van der Waals surface area (Å²) in [6, 6.07) is -1.21. The Morgan fingerprint density at radius 1 is 1.30 bits per heavy atom. The second-order valence-corrected chi connectivity index (χ2v) is 5.74. The van der Waals surface area contributed by atoms with Crippen LogP contribution in [0.1, 0.15) is 19.3 Å². The maximum Gasteiger partial charge on any atom is 0.326 e. The van der Waals surface area contributed by atoms with E-state index in [-0.39, 0.29) is 24.3 Å². The molecule has 0 aromatic heterocycles. The van der Waals surface area contributed by atoms with Crippen LogP contribution in [0.15, 0.2) is 0 Å². The number of nitrogens with one attached hydrogen (secondary N) is 1. The Hall–Kier alpha value is -1.79. The molecule has 1 saturated heterocycles. The lowest BCUT2D eigenvalue weighted by atomic mass is 9.94. The molecular formula is C13H21N3O4. The highest BCUT2D eigenvalue weighted by Crippen LogP contribution is 2.42. The van der Waals surface area contributed by atoms with Gasteiger partial charge in [0.15, 0.2) is 0 Å². The van der Waals surface area contributed by atoms with Gasteiger partial charge in [-0.25, -0.2) is 9.59 Å². The van der Waals surface area contributed by atoms with Crippen LogP contribution in [-0.4, -0.2) is 66.0 Å². The minimum atomic E-state index is -0.950. The number of carbonyl (C=O) groups excluding carboxylic acids is 2. The molecule has 7 nitrogen and oxygen atoms in total. The number of hydrogen-bond acceptors (Lipinski definition) is 3. The standard InChI is InChI=1S/C13H21N3O4/c1-15(2)10(17)6-14-13(20)16-7-8-4-3-5-9(8)11(16)12(18)19/h8-9,11H,3-7H2,1-2H3,(H,14,20)(H,18,19). The number of rotatable bonds is 3. The molecule has 2 N–H and O–H groups in total. The predicted molar refractivity (Wildman–Crippen MR) is 71.1 cm³/mol. The number of carbonyl (C=O) groups is 3. The van der Waals surface area contributed by atoms with E-state index in [1.54, 1.807) is 14.1 Å². The van der Waals surface area contributed by atoms with Crippen molar-refractivity contribution in [1.82, 2.24) is 15.1 Å². The Bertz CT molecular complexity index is 424. The van der Waals surface area contributed by atoms with Gasteiger partial charge in [0.2, 0.25) is 5.91 Å². The fourth-order valence-electron chi connectivity index (χ4n) is 3.24. The summed E-state index contributed by atoms with van der Waals surface area (Å²) in [7, 11) is 3.21. The van der Waals surface area contributed by atoms with E-state index in [0.717, 1.165) is 19.3 Å². The summed E-state index contributed by atoms with van der Waals surface area (Å²) in [6.45, 7) is 0.369. The first-order valence-corrected chi connectivity index (χ1v) is 6.89. The molecule has 1 saturated carbocycles. The lowest BCUT2D eigenvalue weighted by molar-refractivity contribution is -0.142. The summed E-state index contributed by atoms with van der Waals surface area (Å²) in [5.41, 5.74) is 0. The molecule has 3 amide bonds. The number of likely N-dealkylation sites (N-methyl/N-ethyl adjacent to an activating group) is 1. The first kappa shape index (κ1) is 14.6. The molecule has 2 fully saturated rings. The number of amides is 3. The largest absolute Gasteiger partial charge is 0.480 e. The van der Waals surface area contributed by atoms with Crippen LogP contribution in [0.5, 0.6) is 0 Å². The monoisotopic (exact) mass is 283 g/mol. The van der Waals surface area contributed by atoms with Gasteiger partial charge < -0.3 is 20.2 Å². The zero-order valence-electron chi connectivity index (χ0n) is 11.8. The molecule has 1 aliphatic carbocycles. The van der Waals surface area contributed by atoms with E-state index < -0.39 is 18.0 Å². The number of aliphatic carboxylic acids is 1. The zero-order chi connectivity index (χ0) is 14.9. The van der Waals surface area contributed by atoms with Crippen LogP contribution in [0, 0.1) is 11.8 Å². The van der Waals surface area contributed by atoms with E-state index in [1.165, 1.54) is 9.80 Å². The van der Waals surface area contributed by atoms with Gasteiger partial charge in [0.1, 0.15) is 6.04 Å². The van der Waals surface area contributed by atoms with Crippen LogP contribution in [0.4, 0.5) is 4.79 Å². The molecular weight excluding hydrogens is 262 g/mol. The van der Waals surface area contributed by atoms with Crippen molar-refractivity contribution in [3.63, 3.8) is 0 Å². The van der Waals surface area contributed by atoms with Gasteiger partial charge in [0.05, 0.1) is 6.54 Å². The van der Waals surface area contributed by atoms with Gasteiger partial charge in [-0.3, -0.25) is 4.79 Å². The molecule has 0 spiro atoms. The Balaban J connectivity index is 1.98. The summed E-state index contributed by atoms with van der Waals surface area (Å²) >= 11 is 0. The zero-order valence-corrected chi connectivity index (χ0v) is 11.8. The maximum absolute atomic E-state index is 12.1. The van der Waals surface area contributed by atoms with E-state index in [9.17, 15) is 19.5 Å². The highest BCUT2D eigenvalue weighted by Gasteiger charge is 2.49. The molecule has 1 aliphatic heterocycles. The van der Waals surface area contributed by atoms with Crippen LogP contribution >= 0.6 is 0 Å². The van der Waals surface area contributed by atoms with Crippen molar-refractivity contribution >= 4 is 17.9 Å². The number of urea groups is 1. The van der Waals surface area contributed by atoms with Gasteiger partial charge in [0, 0.05) is 20.6 Å². The number of fused-ring (bicyclic) bond motifs is 1. The predicted octanol–water partition coefficient (Wildman–Crippen LogP) is -0.0307. The van der Waals surface area contributed by atoms with E-state index in [0.29, 0.717) is 6.54 Å². The molecule has 20 heavy (non-hydrogen) atoms. The SMILES string of the molecule is CN(C)C(=O)CNC(=O)N1CC2CCCC2C1C(=O)O. The van der Waals surface area contributed by atoms with Gasteiger partial charge in [-0.05, 0) is 24.7 Å². The first-order chi connectivity index (χ1) is 9.41. The van der Waals surface area contributed by atoms with E-state index in [1.807, 2.05) is 0 Å². The van der Waals surface area contributed by atoms with Crippen LogP contribution in [0.2, 0.25) is 0 Å². The van der Waals surface area contributed by atoms with Crippen molar-refractivity contribution in [1.29, 1.82) is 0 Å². The molecule has 1 heterocycles. The average Bonchev–Trinajstić information content (AvgIpc) is 2.94. The molecule has 3 atom stereocenters. The normalized spacial score (nSPS) is 28.1. The van der Waals surface area contributed by atoms with Crippen molar-refractivity contribution in [3.05, 3.63) is 0 Å². The Morgan fingerprint density at radius 3 is 2.60 bits per heavy atom. The maximum atomic E-state index is 12.1. The third kappa shape index (κ3) is 2.71. The van der Waals surface area contributed by atoms with Gasteiger partial charge in [-0.15, -0.1) is 0 Å². The van der Waals surface area contributed by atoms with Crippen LogP contribution < -0.4 is 5.32 Å². The van der Waals surface area contributed by atoms with Gasteiger partial charge in [-0.1, -0.05) is 6.42 Å². The van der Waals surface area contributed by atoms with Crippen molar-refractivity contribution in [3.8, 4) is 0 Å². The van der Waals surface area contributed by atoms with Crippen LogP contribution in [0.25, 0.3) is 0 Å². The van der Waals surface area contributed by atoms with E-state index in [2.05, 4.69) is 5.32 Å². The third-order valence-electron chi connectivity index (χ3n) is 4.29. The molecule has 0 aromatic carbocycles. The lowest BCUT2D eigenvalue weighted by Crippen LogP contribution is -2.49. The smallest absolute Gasteiger partial charge is 0.326 e.